The summed E-state index contributed by atoms with van der Waals surface area (Å²) in [6, 6.07) is 11.2. The number of carboxylic acids is 1. The molecule has 0 radical (unpaired) electrons. The van der Waals surface area contributed by atoms with Crippen molar-refractivity contribution in [2.45, 2.75) is 0 Å². The summed E-state index contributed by atoms with van der Waals surface area (Å²) in [5.74, 6) is -0.152. The van der Waals surface area contributed by atoms with E-state index in [1.165, 1.54) is 6.20 Å². The Morgan fingerprint density at radius 2 is 2.10 bits per heavy atom. The van der Waals surface area contributed by atoms with E-state index < -0.39 is 5.97 Å². The first-order valence-corrected chi connectivity index (χ1v) is 6.76. The van der Waals surface area contributed by atoms with Crippen LogP contribution in [-0.2, 0) is 0 Å². The van der Waals surface area contributed by atoms with Crippen LogP contribution >= 0.6 is 11.3 Å². The molecule has 0 bridgehead atoms. The van der Waals surface area contributed by atoms with Gasteiger partial charge < -0.3 is 9.84 Å². The van der Waals surface area contributed by atoms with Gasteiger partial charge in [-0.3, -0.25) is 4.98 Å². The summed E-state index contributed by atoms with van der Waals surface area (Å²) < 4.78 is 6.35. The standard InChI is InChI=1S/C15H11NO3S/c1-19-11-3-5-13-10(6-11)7-14(20-13)12-4-2-9(8-16-12)15(17)18/h2-8H,1H3,(H,17,18). The van der Waals surface area contributed by atoms with Crippen LogP contribution in [0.5, 0.6) is 5.75 Å². The molecule has 0 spiro atoms. The number of pyridine rings is 1. The molecule has 0 saturated carbocycles. The number of hydrogen-bond acceptors (Lipinski definition) is 4. The van der Waals surface area contributed by atoms with E-state index in [-0.39, 0.29) is 5.56 Å². The highest BCUT2D eigenvalue weighted by molar-refractivity contribution is 7.22. The molecular weight excluding hydrogens is 274 g/mol. The smallest absolute Gasteiger partial charge is 0.337 e. The lowest BCUT2D eigenvalue weighted by atomic mass is 10.2. The van der Waals surface area contributed by atoms with Crippen molar-refractivity contribution in [2.24, 2.45) is 0 Å². The molecule has 100 valence electrons. The highest BCUT2D eigenvalue weighted by Gasteiger charge is 2.08. The molecule has 0 amide bonds. The fraction of sp³-hybridized carbons (Fsp3) is 0.0667. The summed E-state index contributed by atoms with van der Waals surface area (Å²) in [4.78, 5) is 16.0. The van der Waals surface area contributed by atoms with Gasteiger partial charge in [0, 0.05) is 10.9 Å². The first-order valence-electron chi connectivity index (χ1n) is 5.94. The molecule has 1 N–H and O–H groups in total. The molecule has 20 heavy (non-hydrogen) atoms. The lowest BCUT2D eigenvalue weighted by molar-refractivity contribution is 0.0696. The van der Waals surface area contributed by atoms with E-state index in [0.717, 1.165) is 26.4 Å². The Bertz CT molecular complexity index is 777. The summed E-state index contributed by atoms with van der Waals surface area (Å²) in [7, 11) is 1.64. The first-order chi connectivity index (χ1) is 9.67. The van der Waals surface area contributed by atoms with E-state index in [1.54, 1.807) is 30.6 Å². The van der Waals surface area contributed by atoms with E-state index in [2.05, 4.69) is 4.98 Å². The van der Waals surface area contributed by atoms with Crippen molar-refractivity contribution < 1.29 is 14.6 Å². The van der Waals surface area contributed by atoms with Crippen molar-refractivity contribution in [3.05, 3.63) is 48.2 Å². The van der Waals surface area contributed by atoms with Crippen LogP contribution in [0.4, 0.5) is 0 Å². The molecule has 0 aliphatic heterocycles. The van der Waals surface area contributed by atoms with Crippen LogP contribution in [0.1, 0.15) is 10.4 Å². The minimum Gasteiger partial charge on any atom is -0.497 e. The van der Waals surface area contributed by atoms with Gasteiger partial charge in [0.15, 0.2) is 0 Å². The number of carboxylic acid groups (broad SMARTS) is 1. The monoisotopic (exact) mass is 285 g/mol. The second-order valence-electron chi connectivity index (χ2n) is 4.25. The van der Waals surface area contributed by atoms with Gasteiger partial charge in [0.25, 0.3) is 0 Å². The maximum atomic E-state index is 10.8. The Morgan fingerprint density at radius 1 is 1.25 bits per heavy atom. The highest BCUT2D eigenvalue weighted by atomic mass is 32.1. The molecule has 3 aromatic rings. The Labute approximate surface area is 119 Å². The largest absolute Gasteiger partial charge is 0.497 e. The minimum atomic E-state index is -0.967. The van der Waals surface area contributed by atoms with E-state index in [9.17, 15) is 4.79 Å². The van der Waals surface area contributed by atoms with Gasteiger partial charge in [-0.25, -0.2) is 4.79 Å². The van der Waals surface area contributed by atoms with Gasteiger partial charge in [-0.15, -0.1) is 11.3 Å². The zero-order valence-corrected chi connectivity index (χ0v) is 11.5. The van der Waals surface area contributed by atoms with E-state index in [0.29, 0.717) is 0 Å². The van der Waals surface area contributed by atoms with Crippen molar-refractivity contribution in [3.8, 4) is 16.3 Å². The molecule has 2 heterocycles. The molecule has 3 rings (SSSR count). The van der Waals surface area contributed by atoms with Gasteiger partial charge in [0.2, 0.25) is 0 Å². The van der Waals surface area contributed by atoms with Crippen LogP contribution in [0.25, 0.3) is 20.7 Å². The van der Waals surface area contributed by atoms with Gasteiger partial charge in [0.1, 0.15) is 5.75 Å². The molecule has 0 atom stereocenters. The van der Waals surface area contributed by atoms with Crippen LogP contribution < -0.4 is 4.74 Å². The second-order valence-corrected chi connectivity index (χ2v) is 5.34. The molecule has 1 aromatic carbocycles. The molecule has 0 fully saturated rings. The minimum absolute atomic E-state index is 0.191. The van der Waals surface area contributed by atoms with Crippen molar-refractivity contribution in [1.29, 1.82) is 0 Å². The Hall–Kier alpha value is -2.40. The Balaban J connectivity index is 2.03. The molecule has 0 aliphatic carbocycles. The topological polar surface area (TPSA) is 59.4 Å². The van der Waals surface area contributed by atoms with Gasteiger partial charge in [0.05, 0.1) is 23.2 Å². The summed E-state index contributed by atoms with van der Waals surface area (Å²) >= 11 is 1.62. The second kappa shape index (κ2) is 4.94. The van der Waals surface area contributed by atoms with Gasteiger partial charge >= 0.3 is 5.97 Å². The first kappa shape index (κ1) is 12.6. The predicted molar refractivity (Wildman–Crippen MR) is 78.6 cm³/mol. The number of fused-ring (bicyclic) bond motifs is 1. The molecule has 0 aliphatic rings. The fourth-order valence-electron chi connectivity index (χ4n) is 1.94. The zero-order valence-electron chi connectivity index (χ0n) is 10.7. The number of aromatic carboxylic acids is 1. The van der Waals surface area contributed by atoms with Crippen molar-refractivity contribution in [3.63, 3.8) is 0 Å². The van der Waals surface area contributed by atoms with Crippen molar-refractivity contribution in [1.82, 2.24) is 4.98 Å². The van der Waals surface area contributed by atoms with Crippen LogP contribution in [0.15, 0.2) is 42.6 Å². The third-order valence-electron chi connectivity index (χ3n) is 2.99. The predicted octanol–water partition coefficient (Wildman–Crippen LogP) is 3.67. The number of ether oxygens (including phenoxy) is 1. The zero-order chi connectivity index (χ0) is 14.1. The van der Waals surface area contributed by atoms with Crippen molar-refractivity contribution in [2.75, 3.05) is 7.11 Å². The van der Waals surface area contributed by atoms with E-state index >= 15 is 0 Å². The maximum Gasteiger partial charge on any atom is 0.337 e. The van der Waals surface area contributed by atoms with Crippen LogP contribution in [0.2, 0.25) is 0 Å². The number of thiophene rings is 1. The number of rotatable bonds is 3. The Morgan fingerprint density at radius 3 is 2.75 bits per heavy atom. The van der Waals surface area contributed by atoms with Crippen LogP contribution in [0.3, 0.4) is 0 Å². The molecule has 5 heteroatoms. The van der Waals surface area contributed by atoms with Crippen molar-refractivity contribution >= 4 is 27.4 Å². The number of carbonyl (C=O) groups is 1. The molecular formula is C15H11NO3S. The molecule has 4 nitrogen and oxygen atoms in total. The normalized spacial score (nSPS) is 10.7. The SMILES string of the molecule is COc1ccc2sc(-c3ccc(C(=O)O)cn3)cc2c1. The lowest BCUT2D eigenvalue weighted by Gasteiger charge is -1.97. The van der Waals surface area contributed by atoms with Crippen LogP contribution in [0, 0.1) is 0 Å². The number of aromatic nitrogens is 1. The average molecular weight is 285 g/mol. The molecule has 2 aromatic heterocycles. The van der Waals surface area contributed by atoms with E-state index in [4.69, 9.17) is 9.84 Å². The highest BCUT2D eigenvalue weighted by Crippen LogP contribution is 2.34. The third kappa shape index (κ3) is 2.23. The maximum absolute atomic E-state index is 10.8. The van der Waals surface area contributed by atoms with E-state index in [1.807, 2.05) is 24.3 Å². The fourth-order valence-corrected chi connectivity index (χ4v) is 2.96. The number of benzene rings is 1. The Kier molecular flexibility index (Phi) is 3.12. The summed E-state index contributed by atoms with van der Waals surface area (Å²) in [5.41, 5.74) is 0.965. The number of methoxy groups -OCH3 is 1. The summed E-state index contributed by atoms with van der Waals surface area (Å²) in [6.07, 6.45) is 1.38. The average Bonchev–Trinajstić information content (AvgIpc) is 2.90. The number of hydrogen-bond donors (Lipinski definition) is 1. The van der Waals surface area contributed by atoms with Gasteiger partial charge in [-0.1, -0.05) is 0 Å². The number of nitrogens with zero attached hydrogens (tertiary/aromatic N) is 1. The van der Waals surface area contributed by atoms with Crippen LogP contribution in [-0.4, -0.2) is 23.2 Å². The third-order valence-corrected chi connectivity index (χ3v) is 4.12. The lowest BCUT2D eigenvalue weighted by Crippen LogP contribution is -1.96. The molecule has 0 unspecified atom stereocenters. The van der Waals surface area contributed by atoms with Gasteiger partial charge in [-0.2, -0.15) is 0 Å². The quantitative estimate of drug-likeness (QED) is 0.797. The molecule has 0 saturated heterocycles. The summed E-state index contributed by atoms with van der Waals surface area (Å²) in [5, 5.41) is 9.96. The summed E-state index contributed by atoms with van der Waals surface area (Å²) in [6.45, 7) is 0. The van der Waals surface area contributed by atoms with Gasteiger partial charge in [-0.05, 0) is 41.8 Å².